The predicted octanol–water partition coefficient (Wildman–Crippen LogP) is 4.66. The number of carbonyl (C=O) groups excluding carboxylic acids is 2. The molecule has 2 rings (SSSR count). The van der Waals surface area contributed by atoms with E-state index in [1.54, 1.807) is 48.5 Å². The Morgan fingerprint density at radius 3 is 1.93 bits per heavy atom. The van der Waals surface area contributed by atoms with Gasteiger partial charge >= 0.3 is 0 Å². The lowest BCUT2D eigenvalue weighted by molar-refractivity contribution is -0.114. The molecule has 0 aliphatic heterocycles. The Labute approximate surface area is 202 Å². The molecular weight excluding hydrogens is 570 g/mol. The van der Waals surface area contributed by atoms with Crippen molar-refractivity contribution >= 4 is 97.9 Å². The molecule has 0 aromatic heterocycles. The van der Waals surface area contributed by atoms with Crippen molar-refractivity contribution < 1.29 is 9.59 Å². The number of benzene rings is 2. The number of thiocarbonyl (C=S) groups is 1. The largest absolute Gasteiger partial charge is 0.339 e. The van der Waals surface area contributed by atoms with Gasteiger partial charge in [0.1, 0.15) is 6.17 Å². The van der Waals surface area contributed by atoms with Gasteiger partial charge < -0.3 is 21.3 Å². The highest BCUT2D eigenvalue weighted by atomic mass is 127. The van der Waals surface area contributed by atoms with Gasteiger partial charge in [0.2, 0.25) is 9.70 Å². The highest BCUT2D eigenvalue weighted by molar-refractivity contribution is 14.1. The summed E-state index contributed by atoms with van der Waals surface area (Å²) in [5.41, 5.74) is 1.70. The fraction of sp³-hybridized carbons (Fsp3) is 0.167. The van der Waals surface area contributed by atoms with Gasteiger partial charge in [-0.05, 0) is 83.3 Å². The first-order chi connectivity index (χ1) is 13.5. The quantitative estimate of drug-likeness (QED) is 0.178. The summed E-state index contributed by atoms with van der Waals surface area (Å²) in [6.07, 6.45) is -1.09. The molecule has 0 aliphatic rings. The number of anilines is 2. The van der Waals surface area contributed by atoms with Gasteiger partial charge in [-0.1, -0.05) is 34.8 Å². The predicted molar refractivity (Wildman–Crippen MR) is 131 cm³/mol. The number of hydrogen-bond donors (Lipinski definition) is 4. The lowest BCUT2D eigenvalue weighted by Crippen LogP contribution is -2.56. The second-order valence-electron chi connectivity index (χ2n) is 5.81. The minimum Gasteiger partial charge on any atom is -0.339 e. The van der Waals surface area contributed by atoms with E-state index in [0.29, 0.717) is 16.9 Å². The standard InChI is InChI=1S/C18H16Cl3IN4O2S/c1-10(27)23-13-6-8-14(9-7-13)24-17(29)26-16(18(19,20)21)25-15(28)11-2-4-12(22)5-3-11/h2-9,16H,1H3,(H,23,27)(H,25,28)(H2,24,26,29). The molecular formula is C18H16Cl3IN4O2S. The van der Waals surface area contributed by atoms with Gasteiger partial charge in [0, 0.05) is 27.4 Å². The molecule has 6 nitrogen and oxygen atoms in total. The normalized spacial score (nSPS) is 11.9. The molecule has 0 saturated carbocycles. The van der Waals surface area contributed by atoms with Crippen LogP contribution in [0.25, 0.3) is 0 Å². The summed E-state index contributed by atoms with van der Waals surface area (Å²) in [6, 6.07) is 13.8. The third-order valence-electron chi connectivity index (χ3n) is 3.45. The Morgan fingerprint density at radius 2 is 1.45 bits per heavy atom. The van der Waals surface area contributed by atoms with Gasteiger partial charge in [0.15, 0.2) is 5.11 Å². The van der Waals surface area contributed by atoms with E-state index in [2.05, 4.69) is 43.9 Å². The Morgan fingerprint density at radius 1 is 0.931 bits per heavy atom. The van der Waals surface area contributed by atoms with E-state index in [4.69, 9.17) is 47.0 Å². The number of rotatable bonds is 5. The minimum atomic E-state index is -1.86. The first-order valence-corrected chi connectivity index (χ1v) is 10.7. The van der Waals surface area contributed by atoms with Gasteiger partial charge in [0.05, 0.1) is 0 Å². The van der Waals surface area contributed by atoms with E-state index in [1.807, 2.05) is 0 Å². The van der Waals surface area contributed by atoms with Crippen LogP contribution in [0.15, 0.2) is 48.5 Å². The van der Waals surface area contributed by atoms with Gasteiger partial charge in [-0.3, -0.25) is 9.59 Å². The number of alkyl halides is 3. The number of hydrogen-bond acceptors (Lipinski definition) is 3. The number of amides is 2. The molecule has 0 spiro atoms. The fourth-order valence-corrected chi connectivity index (χ4v) is 3.08. The molecule has 1 atom stereocenters. The number of halogens is 4. The second kappa shape index (κ2) is 10.6. The van der Waals surface area contributed by atoms with E-state index in [0.717, 1.165) is 3.57 Å². The van der Waals surface area contributed by atoms with Crippen molar-refractivity contribution in [2.45, 2.75) is 16.9 Å². The van der Waals surface area contributed by atoms with Crippen molar-refractivity contribution in [3.05, 3.63) is 57.7 Å². The van der Waals surface area contributed by atoms with E-state index in [9.17, 15) is 9.59 Å². The molecule has 2 aromatic carbocycles. The summed E-state index contributed by atoms with van der Waals surface area (Å²) in [4.78, 5) is 23.5. The third kappa shape index (κ3) is 8.13. The van der Waals surface area contributed by atoms with Gasteiger partial charge in [-0.15, -0.1) is 0 Å². The zero-order valence-electron chi connectivity index (χ0n) is 14.9. The van der Waals surface area contributed by atoms with Gasteiger partial charge in [-0.25, -0.2) is 0 Å². The molecule has 29 heavy (non-hydrogen) atoms. The topological polar surface area (TPSA) is 82.3 Å². The van der Waals surface area contributed by atoms with Crippen LogP contribution in [0.1, 0.15) is 17.3 Å². The summed E-state index contributed by atoms with van der Waals surface area (Å²) < 4.78 is -0.870. The average Bonchev–Trinajstić information content (AvgIpc) is 2.62. The summed E-state index contributed by atoms with van der Waals surface area (Å²) in [5, 5.41) is 11.1. The maximum atomic E-state index is 12.5. The average molecular weight is 586 g/mol. The van der Waals surface area contributed by atoms with Crippen LogP contribution in [0.2, 0.25) is 0 Å². The minimum absolute atomic E-state index is 0.136. The van der Waals surface area contributed by atoms with Crippen molar-refractivity contribution in [2.24, 2.45) is 0 Å². The molecule has 0 saturated heterocycles. The zero-order chi connectivity index (χ0) is 21.6. The van der Waals surface area contributed by atoms with Crippen LogP contribution in [0.3, 0.4) is 0 Å². The maximum Gasteiger partial charge on any atom is 0.252 e. The van der Waals surface area contributed by atoms with Crippen LogP contribution >= 0.6 is 69.6 Å². The maximum absolute atomic E-state index is 12.5. The van der Waals surface area contributed by atoms with Crippen molar-refractivity contribution in [3.63, 3.8) is 0 Å². The lowest BCUT2D eigenvalue weighted by Gasteiger charge is -2.27. The van der Waals surface area contributed by atoms with Crippen LogP contribution in [0.5, 0.6) is 0 Å². The summed E-state index contributed by atoms with van der Waals surface area (Å²) in [6.45, 7) is 1.42. The van der Waals surface area contributed by atoms with Crippen molar-refractivity contribution in [1.29, 1.82) is 0 Å². The summed E-state index contributed by atoms with van der Waals surface area (Å²) >= 11 is 25.4. The molecule has 0 radical (unpaired) electrons. The van der Waals surface area contributed by atoms with E-state index < -0.39 is 15.9 Å². The second-order valence-corrected chi connectivity index (χ2v) is 9.83. The highest BCUT2D eigenvalue weighted by Gasteiger charge is 2.34. The monoisotopic (exact) mass is 584 g/mol. The third-order valence-corrected chi connectivity index (χ3v) is 5.04. The number of nitrogens with one attached hydrogen (secondary N) is 4. The zero-order valence-corrected chi connectivity index (χ0v) is 20.2. The molecule has 2 aromatic rings. The van der Waals surface area contributed by atoms with E-state index in [-0.39, 0.29) is 11.0 Å². The van der Waals surface area contributed by atoms with Crippen LogP contribution in [-0.2, 0) is 4.79 Å². The molecule has 1 unspecified atom stereocenters. The van der Waals surface area contributed by atoms with E-state index in [1.165, 1.54) is 6.92 Å². The van der Waals surface area contributed by atoms with Gasteiger partial charge in [0.25, 0.3) is 5.91 Å². The Hall–Kier alpha value is -1.33. The van der Waals surface area contributed by atoms with Crippen molar-refractivity contribution in [3.8, 4) is 0 Å². The van der Waals surface area contributed by atoms with Crippen molar-refractivity contribution in [1.82, 2.24) is 10.6 Å². The molecule has 154 valence electrons. The Kier molecular flexibility index (Phi) is 8.77. The number of carbonyl (C=O) groups is 2. The lowest BCUT2D eigenvalue weighted by atomic mass is 10.2. The van der Waals surface area contributed by atoms with E-state index >= 15 is 0 Å². The van der Waals surface area contributed by atoms with Crippen LogP contribution < -0.4 is 21.3 Å². The van der Waals surface area contributed by atoms with Crippen LogP contribution in [0, 0.1) is 3.57 Å². The molecule has 0 fully saturated rings. The smallest absolute Gasteiger partial charge is 0.252 e. The molecule has 0 bridgehead atoms. The Balaban J connectivity index is 2.02. The Bertz CT molecular complexity index is 889. The van der Waals surface area contributed by atoms with Crippen molar-refractivity contribution in [2.75, 3.05) is 10.6 Å². The highest BCUT2D eigenvalue weighted by Crippen LogP contribution is 2.29. The summed E-state index contributed by atoms with van der Waals surface area (Å²) in [7, 11) is 0. The molecule has 2 amide bonds. The molecule has 11 heteroatoms. The van der Waals surface area contributed by atoms with Crippen LogP contribution in [0.4, 0.5) is 11.4 Å². The molecule has 4 N–H and O–H groups in total. The first kappa shape index (κ1) is 23.9. The van der Waals surface area contributed by atoms with Gasteiger partial charge in [-0.2, -0.15) is 0 Å². The molecule has 0 aliphatic carbocycles. The first-order valence-electron chi connectivity index (χ1n) is 8.13. The fourth-order valence-electron chi connectivity index (χ4n) is 2.15. The van der Waals surface area contributed by atoms with Crippen LogP contribution in [-0.4, -0.2) is 26.9 Å². The SMILES string of the molecule is CC(=O)Nc1ccc(NC(=S)NC(NC(=O)c2ccc(I)cc2)C(Cl)(Cl)Cl)cc1. The summed E-state index contributed by atoms with van der Waals surface area (Å²) in [5.74, 6) is -0.593. The molecule has 0 heterocycles.